The van der Waals surface area contributed by atoms with Gasteiger partial charge in [-0.05, 0) is 24.6 Å². The second-order valence-corrected chi connectivity index (χ2v) is 8.06. The Balaban J connectivity index is 1.88. The highest BCUT2D eigenvalue weighted by Crippen LogP contribution is 2.49. The summed E-state index contributed by atoms with van der Waals surface area (Å²) >= 11 is 6.52. The standard InChI is InChI=1S/C25H22ClNO7/c1-12-19(25(30)33-4)20(21-22(27-12)14-7-5-6-8-15(14)23(21)29)13-9-16(26)24(17(10-13)31-2)34-11-18(28)32-3/h5-10,20,27H,11H2,1-4H3/t20-/m1/s1. The summed E-state index contributed by atoms with van der Waals surface area (Å²) in [4.78, 5) is 37.9. The molecule has 8 nitrogen and oxygen atoms in total. The largest absolute Gasteiger partial charge is 0.493 e. The van der Waals surface area contributed by atoms with E-state index in [4.69, 9.17) is 25.8 Å². The third-order valence-electron chi connectivity index (χ3n) is 5.80. The van der Waals surface area contributed by atoms with Crippen molar-refractivity contribution in [2.75, 3.05) is 27.9 Å². The van der Waals surface area contributed by atoms with Gasteiger partial charge in [0.25, 0.3) is 0 Å². The number of carbonyl (C=O) groups is 3. The van der Waals surface area contributed by atoms with Crippen LogP contribution in [0, 0.1) is 0 Å². The maximum atomic E-state index is 13.5. The van der Waals surface area contributed by atoms with E-state index in [1.807, 2.05) is 12.1 Å². The zero-order valence-electron chi connectivity index (χ0n) is 19.0. The zero-order valence-corrected chi connectivity index (χ0v) is 19.7. The van der Waals surface area contributed by atoms with Crippen molar-refractivity contribution in [3.8, 4) is 11.5 Å². The normalized spacial score (nSPS) is 16.5. The summed E-state index contributed by atoms with van der Waals surface area (Å²) in [5.74, 6) is -1.76. The molecule has 1 atom stereocenters. The van der Waals surface area contributed by atoms with Gasteiger partial charge in [-0.25, -0.2) is 9.59 Å². The highest BCUT2D eigenvalue weighted by molar-refractivity contribution is 6.32. The predicted molar refractivity (Wildman–Crippen MR) is 124 cm³/mol. The molecule has 176 valence electrons. The van der Waals surface area contributed by atoms with Gasteiger partial charge in [0.15, 0.2) is 23.9 Å². The Morgan fingerprint density at radius 3 is 2.41 bits per heavy atom. The molecular weight excluding hydrogens is 462 g/mol. The van der Waals surface area contributed by atoms with E-state index in [2.05, 4.69) is 10.1 Å². The Morgan fingerprint density at radius 1 is 1.06 bits per heavy atom. The monoisotopic (exact) mass is 483 g/mol. The summed E-state index contributed by atoms with van der Waals surface area (Å²) in [6.07, 6.45) is 0. The summed E-state index contributed by atoms with van der Waals surface area (Å²) < 4.78 is 20.6. The number of hydrogen-bond donors (Lipinski definition) is 1. The van der Waals surface area contributed by atoms with E-state index < -0.39 is 17.9 Å². The lowest BCUT2D eigenvalue weighted by atomic mass is 9.79. The van der Waals surface area contributed by atoms with Gasteiger partial charge in [-0.2, -0.15) is 0 Å². The number of benzene rings is 2. The molecule has 2 aliphatic rings. The number of ether oxygens (including phenoxy) is 4. The second kappa shape index (κ2) is 9.23. The van der Waals surface area contributed by atoms with Crippen molar-refractivity contribution in [2.24, 2.45) is 0 Å². The number of hydrogen-bond acceptors (Lipinski definition) is 8. The van der Waals surface area contributed by atoms with Crippen LogP contribution in [0.4, 0.5) is 0 Å². The minimum atomic E-state index is -0.773. The van der Waals surface area contributed by atoms with Gasteiger partial charge in [0.05, 0.1) is 37.6 Å². The molecule has 1 aliphatic heterocycles. The molecule has 0 saturated heterocycles. The lowest BCUT2D eigenvalue weighted by Crippen LogP contribution is -2.29. The maximum Gasteiger partial charge on any atom is 0.343 e. The number of methoxy groups -OCH3 is 3. The van der Waals surface area contributed by atoms with Crippen LogP contribution in [0.5, 0.6) is 11.5 Å². The fourth-order valence-electron chi connectivity index (χ4n) is 4.28. The Labute approximate surface area is 201 Å². The van der Waals surface area contributed by atoms with E-state index in [9.17, 15) is 14.4 Å². The fourth-order valence-corrected chi connectivity index (χ4v) is 4.55. The molecule has 0 amide bonds. The van der Waals surface area contributed by atoms with Gasteiger partial charge < -0.3 is 24.3 Å². The van der Waals surface area contributed by atoms with Crippen LogP contribution < -0.4 is 14.8 Å². The number of halogens is 1. The molecule has 9 heteroatoms. The number of allylic oxidation sites excluding steroid dienone is 2. The summed E-state index contributed by atoms with van der Waals surface area (Å²) in [6, 6.07) is 10.5. The van der Waals surface area contributed by atoms with Crippen LogP contribution in [0.25, 0.3) is 5.70 Å². The van der Waals surface area contributed by atoms with Crippen molar-refractivity contribution in [3.63, 3.8) is 0 Å². The van der Waals surface area contributed by atoms with Crippen molar-refractivity contribution in [1.82, 2.24) is 5.32 Å². The summed E-state index contributed by atoms with van der Waals surface area (Å²) in [7, 11) is 3.95. The van der Waals surface area contributed by atoms with Crippen LogP contribution in [-0.4, -0.2) is 45.7 Å². The lowest BCUT2D eigenvalue weighted by molar-refractivity contribution is -0.143. The van der Waals surface area contributed by atoms with Crippen LogP contribution in [0.2, 0.25) is 5.02 Å². The topological polar surface area (TPSA) is 100 Å². The first-order valence-electron chi connectivity index (χ1n) is 10.3. The molecule has 2 aromatic rings. The van der Waals surface area contributed by atoms with E-state index in [1.54, 1.807) is 31.2 Å². The number of Topliss-reactive ketones (excluding diaryl/α,β-unsaturated/α-hetero) is 1. The number of ketones is 1. The van der Waals surface area contributed by atoms with Gasteiger partial charge >= 0.3 is 11.9 Å². The molecular formula is C25H22ClNO7. The van der Waals surface area contributed by atoms with Crippen LogP contribution in [0.15, 0.2) is 53.2 Å². The molecule has 0 fully saturated rings. The van der Waals surface area contributed by atoms with E-state index >= 15 is 0 Å². The SMILES string of the molecule is COC(=O)COc1c(Cl)cc([C@@H]2C(C(=O)OC)=C(C)NC3=C2C(=O)c2ccccc23)cc1OC. The molecule has 1 aliphatic carbocycles. The van der Waals surface area contributed by atoms with Crippen molar-refractivity contribution >= 4 is 35.0 Å². The molecule has 34 heavy (non-hydrogen) atoms. The molecule has 0 bridgehead atoms. The van der Waals surface area contributed by atoms with Crippen LogP contribution in [0.3, 0.4) is 0 Å². The molecule has 0 saturated carbocycles. The van der Waals surface area contributed by atoms with Crippen molar-refractivity contribution in [1.29, 1.82) is 0 Å². The highest BCUT2D eigenvalue weighted by Gasteiger charge is 2.43. The number of carbonyl (C=O) groups excluding carboxylic acids is 3. The van der Waals surface area contributed by atoms with Gasteiger partial charge in [-0.15, -0.1) is 0 Å². The molecule has 0 spiro atoms. The van der Waals surface area contributed by atoms with E-state index in [-0.39, 0.29) is 34.5 Å². The van der Waals surface area contributed by atoms with E-state index in [1.165, 1.54) is 21.3 Å². The minimum Gasteiger partial charge on any atom is -0.493 e. The first kappa shape index (κ1) is 23.4. The van der Waals surface area contributed by atoms with Gasteiger partial charge in [-0.3, -0.25) is 4.79 Å². The molecule has 0 aromatic heterocycles. The van der Waals surface area contributed by atoms with Gasteiger partial charge in [0.1, 0.15) is 0 Å². The second-order valence-electron chi connectivity index (χ2n) is 7.65. The Kier molecular flexibility index (Phi) is 6.34. The smallest absolute Gasteiger partial charge is 0.343 e. The molecule has 0 unspecified atom stereocenters. The number of nitrogens with one attached hydrogen (secondary N) is 1. The van der Waals surface area contributed by atoms with Gasteiger partial charge in [0, 0.05) is 28.3 Å². The van der Waals surface area contributed by atoms with Crippen LogP contribution >= 0.6 is 11.6 Å². The van der Waals surface area contributed by atoms with Gasteiger partial charge in [-0.1, -0.05) is 35.9 Å². The number of dihydropyridines is 1. The third-order valence-corrected chi connectivity index (χ3v) is 6.08. The molecule has 0 radical (unpaired) electrons. The maximum absolute atomic E-state index is 13.5. The summed E-state index contributed by atoms with van der Waals surface area (Å²) in [6.45, 7) is 1.38. The lowest BCUT2D eigenvalue weighted by Gasteiger charge is -2.29. The number of esters is 2. The highest BCUT2D eigenvalue weighted by atomic mass is 35.5. The average molecular weight is 484 g/mol. The Morgan fingerprint density at radius 2 is 1.76 bits per heavy atom. The van der Waals surface area contributed by atoms with Crippen LogP contribution in [0.1, 0.15) is 34.3 Å². The third kappa shape index (κ3) is 3.80. The Hall–Kier alpha value is -3.78. The Bertz CT molecular complexity index is 1280. The predicted octanol–water partition coefficient (Wildman–Crippen LogP) is 3.64. The van der Waals surface area contributed by atoms with Crippen LogP contribution in [-0.2, 0) is 19.1 Å². The fraction of sp³-hybridized carbons (Fsp3) is 0.240. The molecule has 1 N–H and O–H groups in total. The minimum absolute atomic E-state index is 0.141. The van der Waals surface area contributed by atoms with Crippen molar-refractivity contribution in [2.45, 2.75) is 12.8 Å². The average Bonchev–Trinajstić information content (AvgIpc) is 3.12. The molecule has 2 aromatic carbocycles. The summed E-state index contributed by atoms with van der Waals surface area (Å²) in [5, 5.41) is 3.36. The number of rotatable bonds is 6. The quantitative estimate of drug-likeness (QED) is 0.621. The molecule has 1 heterocycles. The first-order valence-corrected chi connectivity index (χ1v) is 10.7. The summed E-state index contributed by atoms with van der Waals surface area (Å²) in [5.41, 5.74) is 3.71. The van der Waals surface area contributed by atoms with Crippen molar-refractivity contribution < 1.29 is 33.3 Å². The van der Waals surface area contributed by atoms with Crippen molar-refractivity contribution in [3.05, 3.63) is 75.0 Å². The van der Waals surface area contributed by atoms with E-state index in [0.717, 1.165) is 5.56 Å². The number of fused-ring (bicyclic) bond motifs is 2. The zero-order chi connectivity index (χ0) is 24.6. The van der Waals surface area contributed by atoms with E-state index in [0.29, 0.717) is 28.1 Å². The first-order chi connectivity index (χ1) is 16.3. The molecule has 4 rings (SSSR count). The van der Waals surface area contributed by atoms with Gasteiger partial charge in [0.2, 0.25) is 0 Å².